The Hall–Kier alpha value is -1.33. The number of rotatable bonds is 5. The fraction of sp³-hybridized carbons (Fsp3) is 0.385. The maximum Gasteiger partial charge on any atom is 0.127 e. The van der Waals surface area contributed by atoms with E-state index in [-0.39, 0.29) is 5.82 Å². The van der Waals surface area contributed by atoms with Gasteiger partial charge in [0.25, 0.3) is 0 Å². The first kappa shape index (κ1) is 11.7. The van der Waals surface area contributed by atoms with Crippen molar-refractivity contribution in [1.29, 1.82) is 0 Å². The molecule has 1 rings (SSSR count). The summed E-state index contributed by atoms with van der Waals surface area (Å²) in [5, 5.41) is 0. The van der Waals surface area contributed by atoms with Crippen LogP contribution < -0.4 is 0 Å². The van der Waals surface area contributed by atoms with Crippen LogP contribution in [0.15, 0.2) is 24.3 Å². The molecule has 0 spiro atoms. The van der Waals surface area contributed by atoms with Crippen LogP contribution in [0.1, 0.15) is 18.4 Å². The number of hydrogen-bond donors (Lipinski definition) is 0. The summed E-state index contributed by atoms with van der Waals surface area (Å²) in [4.78, 5) is 2.08. The van der Waals surface area contributed by atoms with Crippen LogP contribution in [0.3, 0.4) is 0 Å². The Morgan fingerprint density at radius 3 is 2.80 bits per heavy atom. The average Bonchev–Trinajstić information content (AvgIpc) is 2.22. The van der Waals surface area contributed by atoms with Crippen molar-refractivity contribution in [3.63, 3.8) is 0 Å². The highest BCUT2D eigenvalue weighted by Crippen LogP contribution is 2.09. The average molecular weight is 205 g/mol. The first-order valence-corrected chi connectivity index (χ1v) is 5.09. The Morgan fingerprint density at radius 1 is 1.40 bits per heavy atom. The highest BCUT2D eigenvalue weighted by molar-refractivity contribution is 5.16. The number of nitrogens with zero attached hydrogens (tertiary/aromatic N) is 1. The van der Waals surface area contributed by atoms with Crippen molar-refractivity contribution in [2.24, 2.45) is 0 Å². The summed E-state index contributed by atoms with van der Waals surface area (Å²) in [6.45, 7) is 1.54. The molecule has 0 amide bonds. The maximum absolute atomic E-state index is 13.3. The van der Waals surface area contributed by atoms with E-state index >= 15 is 0 Å². The lowest BCUT2D eigenvalue weighted by Crippen LogP contribution is -2.19. The summed E-state index contributed by atoms with van der Waals surface area (Å²) in [5.74, 6) is 2.46. The third-order valence-electron chi connectivity index (χ3n) is 2.26. The lowest BCUT2D eigenvalue weighted by atomic mass is 10.2. The van der Waals surface area contributed by atoms with Gasteiger partial charge in [0.1, 0.15) is 5.82 Å². The van der Waals surface area contributed by atoms with Crippen LogP contribution in [0.5, 0.6) is 0 Å². The second-order valence-electron chi connectivity index (χ2n) is 3.64. The van der Waals surface area contributed by atoms with E-state index in [2.05, 4.69) is 10.8 Å². The SMILES string of the molecule is C#CCCCN(C)Cc1ccccc1F. The van der Waals surface area contributed by atoms with Crippen molar-refractivity contribution in [1.82, 2.24) is 4.90 Å². The Bertz CT molecular complexity index is 341. The van der Waals surface area contributed by atoms with Crippen LogP contribution in [0, 0.1) is 18.2 Å². The summed E-state index contributed by atoms with van der Waals surface area (Å²) < 4.78 is 13.3. The van der Waals surface area contributed by atoms with E-state index in [1.54, 1.807) is 6.07 Å². The third kappa shape index (κ3) is 4.14. The molecule has 0 aliphatic heterocycles. The lowest BCUT2D eigenvalue weighted by Gasteiger charge is -2.16. The van der Waals surface area contributed by atoms with Crippen molar-refractivity contribution in [3.05, 3.63) is 35.6 Å². The quantitative estimate of drug-likeness (QED) is 0.527. The number of terminal acetylenes is 1. The fourth-order valence-corrected chi connectivity index (χ4v) is 1.45. The molecule has 1 aromatic rings. The lowest BCUT2D eigenvalue weighted by molar-refractivity contribution is 0.318. The van der Waals surface area contributed by atoms with Crippen LogP contribution in [-0.2, 0) is 6.54 Å². The summed E-state index contributed by atoms with van der Waals surface area (Å²) >= 11 is 0. The minimum absolute atomic E-state index is 0.138. The molecule has 0 heterocycles. The first-order valence-electron chi connectivity index (χ1n) is 5.09. The van der Waals surface area contributed by atoms with Gasteiger partial charge < -0.3 is 4.90 Å². The Balaban J connectivity index is 2.41. The smallest absolute Gasteiger partial charge is 0.127 e. The van der Waals surface area contributed by atoms with Crippen LogP contribution >= 0.6 is 0 Å². The topological polar surface area (TPSA) is 3.24 Å². The molecule has 0 fully saturated rings. The van der Waals surface area contributed by atoms with E-state index in [0.29, 0.717) is 6.54 Å². The monoisotopic (exact) mass is 205 g/mol. The van der Waals surface area contributed by atoms with E-state index < -0.39 is 0 Å². The van der Waals surface area contributed by atoms with Crippen molar-refractivity contribution < 1.29 is 4.39 Å². The Labute approximate surface area is 90.9 Å². The van der Waals surface area contributed by atoms with E-state index in [1.807, 2.05) is 19.2 Å². The minimum atomic E-state index is -0.138. The summed E-state index contributed by atoms with van der Waals surface area (Å²) in [7, 11) is 1.98. The highest BCUT2D eigenvalue weighted by Gasteiger charge is 2.03. The minimum Gasteiger partial charge on any atom is -0.302 e. The van der Waals surface area contributed by atoms with Crippen molar-refractivity contribution in [3.8, 4) is 12.3 Å². The first-order chi connectivity index (χ1) is 7.24. The molecule has 1 aromatic carbocycles. The van der Waals surface area contributed by atoms with Crippen LogP contribution in [0.4, 0.5) is 4.39 Å². The van der Waals surface area contributed by atoms with Gasteiger partial charge in [0.2, 0.25) is 0 Å². The van der Waals surface area contributed by atoms with Gasteiger partial charge >= 0.3 is 0 Å². The van der Waals surface area contributed by atoms with Gasteiger partial charge in [0, 0.05) is 18.5 Å². The normalized spacial score (nSPS) is 10.3. The number of unbranched alkanes of at least 4 members (excludes halogenated alkanes) is 1. The van der Waals surface area contributed by atoms with E-state index in [4.69, 9.17) is 6.42 Å². The molecule has 2 heteroatoms. The van der Waals surface area contributed by atoms with Gasteiger partial charge in [-0.05, 0) is 26.1 Å². The Morgan fingerprint density at radius 2 is 2.13 bits per heavy atom. The van der Waals surface area contributed by atoms with Gasteiger partial charge in [-0.25, -0.2) is 4.39 Å². The van der Waals surface area contributed by atoms with Crippen LogP contribution in [0.25, 0.3) is 0 Å². The number of benzene rings is 1. The molecular weight excluding hydrogens is 189 g/mol. The fourth-order valence-electron chi connectivity index (χ4n) is 1.45. The van der Waals surface area contributed by atoms with Crippen LogP contribution in [-0.4, -0.2) is 18.5 Å². The summed E-state index contributed by atoms with van der Waals surface area (Å²) in [5.41, 5.74) is 0.737. The van der Waals surface area contributed by atoms with E-state index in [0.717, 1.165) is 24.9 Å². The molecule has 0 saturated heterocycles. The maximum atomic E-state index is 13.3. The van der Waals surface area contributed by atoms with Gasteiger partial charge in [-0.2, -0.15) is 0 Å². The molecule has 0 bridgehead atoms. The molecule has 0 aliphatic carbocycles. The van der Waals surface area contributed by atoms with Crippen molar-refractivity contribution >= 4 is 0 Å². The summed E-state index contributed by atoms with van der Waals surface area (Å²) in [6.07, 6.45) is 6.90. The van der Waals surface area contributed by atoms with Gasteiger partial charge in [-0.1, -0.05) is 18.2 Å². The number of halogens is 1. The molecule has 0 aromatic heterocycles. The van der Waals surface area contributed by atoms with Gasteiger partial charge in [0.05, 0.1) is 0 Å². The number of hydrogen-bond acceptors (Lipinski definition) is 1. The molecule has 0 N–H and O–H groups in total. The zero-order valence-corrected chi connectivity index (χ0v) is 9.04. The van der Waals surface area contributed by atoms with E-state index in [1.165, 1.54) is 6.07 Å². The molecule has 0 unspecified atom stereocenters. The molecule has 0 saturated carbocycles. The molecule has 15 heavy (non-hydrogen) atoms. The predicted molar refractivity (Wildman–Crippen MR) is 60.8 cm³/mol. The second-order valence-corrected chi connectivity index (χ2v) is 3.64. The second kappa shape index (κ2) is 6.21. The summed E-state index contributed by atoms with van der Waals surface area (Å²) in [6, 6.07) is 6.86. The molecule has 0 radical (unpaired) electrons. The largest absolute Gasteiger partial charge is 0.302 e. The molecule has 0 aliphatic rings. The third-order valence-corrected chi connectivity index (χ3v) is 2.26. The van der Waals surface area contributed by atoms with Crippen molar-refractivity contribution in [2.75, 3.05) is 13.6 Å². The molecule has 1 nitrogen and oxygen atoms in total. The zero-order chi connectivity index (χ0) is 11.1. The predicted octanol–water partition coefficient (Wildman–Crippen LogP) is 2.67. The van der Waals surface area contributed by atoms with E-state index in [9.17, 15) is 4.39 Å². The van der Waals surface area contributed by atoms with Gasteiger partial charge in [-0.3, -0.25) is 0 Å². The highest BCUT2D eigenvalue weighted by atomic mass is 19.1. The Kier molecular flexibility index (Phi) is 4.86. The van der Waals surface area contributed by atoms with Gasteiger partial charge in [0.15, 0.2) is 0 Å². The van der Waals surface area contributed by atoms with Crippen molar-refractivity contribution in [2.45, 2.75) is 19.4 Å². The molecular formula is C13H16FN. The standard InChI is InChI=1S/C13H16FN/c1-3-4-7-10-15(2)11-12-8-5-6-9-13(12)14/h1,5-6,8-9H,4,7,10-11H2,2H3. The van der Waals surface area contributed by atoms with Crippen LogP contribution in [0.2, 0.25) is 0 Å². The molecule has 0 atom stereocenters. The molecule has 80 valence electrons. The zero-order valence-electron chi connectivity index (χ0n) is 9.04. The van der Waals surface area contributed by atoms with Gasteiger partial charge in [-0.15, -0.1) is 12.3 Å².